The number of hydrogen-bond donors (Lipinski definition) is 1. The minimum Gasteiger partial charge on any atom is -0.469 e. The van der Waals surface area contributed by atoms with E-state index >= 15 is 0 Å². The van der Waals surface area contributed by atoms with E-state index in [9.17, 15) is 9.59 Å². The van der Waals surface area contributed by atoms with Gasteiger partial charge in [0, 0.05) is 19.0 Å². The summed E-state index contributed by atoms with van der Waals surface area (Å²) in [7, 11) is 1.34. The zero-order valence-corrected chi connectivity index (χ0v) is 14.1. The van der Waals surface area contributed by atoms with E-state index in [-0.39, 0.29) is 18.4 Å². The molecule has 1 aliphatic heterocycles. The fourth-order valence-electron chi connectivity index (χ4n) is 3.00. The molecule has 6 nitrogen and oxygen atoms in total. The fourth-order valence-corrected chi connectivity index (χ4v) is 3.00. The number of ether oxygens (including phenoxy) is 1. The van der Waals surface area contributed by atoms with E-state index < -0.39 is 0 Å². The summed E-state index contributed by atoms with van der Waals surface area (Å²) in [6, 6.07) is 15.3. The highest BCUT2D eigenvalue weighted by molar-refractivity contribution is 5.88. The maximum atomic E-state index is 12.5. The second-order valence-corrected chi connectivity index (χ2v) is 6.04. The van der Waals surface area contributed by atoms with Crippen molar-refractivity contribution in [3.05, 3.63) is 59.8 Å². The molecule has 0 radical (unpaired) electrons. The lowest BCUT2D eigenvalue weighted by atomic mass is 9.99. The highest BCUT2D eigenvalue weighted by Crippen LogP contribution is 2.27. The third-order valence-corrected chi connectivity index (χ3v) is 4.34. The predicted octanol–water partition coefficient (Wildman–Crippen LogP) is 2.82. The summed E-state index contributed by atoms with van der Waals surface area (Å²) < 4.78 is 4.64. The fraction of sp³-hybridized carbons (Fsp3) is 0.316. The first kappa shape index (κ1) is 17.0. The quantitative estimate of drug-likeness (QED) is 0.870. The predicted molar refractivity (Wildman–Crippen MR) is 94.3 cm³/mol. The van der Waals surface area contributed by atoms with Crippen LogP contribution in [-0.4, -0.2) is 42.1 Å². The van der Waals surface area contributed by atoms with E-state index in [4.69, 9.17) is 0 Å². The molecule has 1 unspecified atom stereocenters. The molecule has 2 amide bonds. The van der Waals surface area contributed by atoms with Gasteiger partial charge in [0.05, 0.1) is 19.2 Å². The Balaban J connectivity index is 1.59. The molecule has 1 atom stereocenters. The molecule has 0 bridgehead atoms. The highest BCUT2D eigenvalue weighted by Gasteiger charge is 2.27. The van der Waals surface area contributed by atoms with Gasteiger partial charge in [0.15, 0.2) is 0 Å². The lowest BCUT2D eigenvalue weighted by Gasteiger charge is -2.17. The SMILES string of the molecule is COC(=O)Cc1cccc(NC(=O)N2CCC(c3ccccc3)C2)n1. The Labute approximate surface area is 146 Å². The molecule has 1 saturated heterocycles. The van der Waals surface area contributed by atoms with Crippen molar-refractivity contribution < 1.29 is 14.3 Å². The van der Waals surface area contributed by atoms with Crippen molar-refractivity contribution in [2.45, 2.75) is 18.8 Å². The van der Waals surface area contributed by atoms with E-state index in [2.05, 4.69) is 27.2 Å². The second kappa shape index (κ2) is 7.79. The van der Waals surface area contributed by atoms with Gasteiger partial charge in [-0.2, -0.15) is 0 Å². The second-order valence-electron chi connectivity index (χ2n) is 6.04. The molecule has 25 heavy (non-hydrogen) atoms. The van der Waals surface area contributed by atoms with E-state index in [1.54, 1.807) is 23.1 Å². The summed E-state index contributed by atoms with van der Waals surface area (Å²) in [5.74, 6) is 0.446. The molecule has 130 valence electrons. The average molecular weight is 339 g/mol. The van der Waals surface area contributed by atoms with Crippen LogP contribution in [0.15, 0.2) is 48.5 Å². The lowest BCUT2D eigenvalue weighted by Crippen LogP contribution is -2.33. The first-order chi connectivity index (χ1) is 12.2. The molecular formula is C19H21N3O3. The zero-order valence-electron chi connectivity index (χ0n) is 14.1. The number of benzene rings is 1. The lowest BCUT2D eigenvalue weighted by molar-refractivity contribution is -0.139. The van der Waals surface area contributed by atoms with E-state index in [1.165, 1.54) is 12.7 Å². The van der Waals surface area contributed by atoms with Gasteiger partial charge in [0.1, 0.15) is 5.82 Å². The van der Waals surface area contributed by atoms with E-state index in [0.29, 0.717) is 30.5 Å². The van der Waals surface area contributed by atoms with Gasteiger partial charge in [-0.25, -0.2) is 9.78 Å². The van der Waals surface area contributed by atoms with Crippen LogP contribution < -0.4 is 5.32 Å². The minimum absolute atomic E-state index is 0.0833. The van der Waals surface area contributed by atoms with Crippen LogP contribution in [0.25, 0.3) is 0 Å². The number of carbonyl (C=O) groups excluding carboxylic acids is 2. The highest BCUT2D eigenvalue weighted by atomic mass is 16.5. The summed E-state index contributed by atoms with van der Waals surface area (Å²) >= 11 is 0. The van der Waals surface area contributed by atoms with Crippen LogP contribution >= 0.6 is 0 Å². The first-order valence-corrected chi connectivity index (χ1v) is 8.29. The summed E-state index contributed by atoms with van der Waals surface area (Å²) in [6.45, 7) is 1.41. The van der Waals surface area contributed by atoms with Crippen LogP contribution in [0.2, 0.25) is 0 Å². The molecule has 1 aromatic carbocycles. The number of nitrogens with one attached hydrogen (secondary N) is 1. The number of anilines is 1. The van der Waals surface area contributed by atoms with Crippen molar-refractivity contribution in [1.29, 1.82) is 0 Å². The Morgan fingerprint density at radius 1 is 1.20 bits per heavy atom. The molecule has 1 N–H and O–H groups in total. The number of rotatable bonds is 4. The van der Waals surface area contributed by atoms with Crippen LogP contribution in [0, 0.1) is 0 Å². The van der Waals surface area contributed by atoms with Gasteiger partial charge < -0.3 is 9.64 Å². The van der Waals surface area contributed by atoms with Crippen LogP contribution in [-0.2, 0) is 16.0 Å². The van der Waals surface area contributed by atoms with Gasteiger partial charge in [-0.3, -0.25) is 10.1 Å². The van der Waals surface area contributed by atoms with E-state index in [0.717, 1.165) is 6.42 Å². The molecule has 0 saturated carbocycles. The number of likely N-dealkylation sites (tertiary alicyclic amines) is 1. The maximum absolute atomic E-state index is 12.5. The van der Waals surface area contributed by atoms with Crippen molar-refractivity contribution in [3.63, 3.8) is 0 Å². The Morgan fingerprint density at radius 3 is 2.76 bits per heavy atom. The number of amides is 2. The largest absolute Gasteiger partial charge is 0.469 e. The molecule has 1 aliphatic rings. The van der Waals surface area contributed by atoms with Gasteiger partial charge in [0.2, 0.25) is 0 Å². The number of carbonyl (C=O) groups is 2. The van der Waals surface area contributed by atoms with Crippen molar-refractivity contribution in [1.82, 2.24) is 9.88 Å². The Bertz CT molecular complexity index is 749. The number of urea groups is 1. The van der Waals surface area contributed by atoms with Gasteiger partial charge in [-0.1, -0.05) is 36.4 Å². The van der Waals surface area contributed by atoms with Crippen LogP contribution in [0.1, 0.15) is 23.6 Å². The third-order valence-electron chi connectivity index (χ3n) is 4.34. The molecule has 0 aliphatic carbocycles. The molecule has 1 fully saturated rings. The van der Waals surface area contributed by atoms with E-state index in [1.807, 2.05) is 18.2 Å². The van der Waals surface area contributed by atoms with Gasteiger partial charge in [-0.05, 0) is 24.1 Å². The molecular weight excluding hydrogens is 318 g/mol. The molecule has 1 aromatic heterocycles. The monoisotopic (exact) mass is 339 g/mol. The summed E-state index contributed by atoms with van der Waals surface area (Å²) in [4.78, 5) is 29.9. The summed E-state index contributed by atoms with van der Waals surface area (Å²) in [6.07, 6.45) is 1.03. The number of nitrogens with zero attached hydrogens (tertiary/aromatic N) is 2. The standard InChI is InChI=1S/C19H21N3O3/c1-25-18(23)12-16-8-5-9-17(20-16)21-19(24)22-11-10-15(13-22)14-6-3-2-4-7-14/h2-9,15H,10-13H2,1H3,(H,20,21,24). The zero-order chi connectivity index (χ0) is 17.6. The number of aromatic nitrogens is 1. The number of methoxy groups -OCH3 is 1. The summed E-state index contributed by atoms with van der Waals surface area (Å²) in [5, 5.41) is 2.81. The van der Waals surface area contributed by atoms with Crippen LogP contribution in [0.4, 0.5) is 10.6 Å². The molecule has 2 heterocycles. The minimum atomic E-state index is -0.360. The number of hydrogen-bond acceptors (Lipinski definition) is 4. The van der Waals surface area contributed by atoms with Gasteiger partial charge in [-0.15, -0.1) is 0 Å². The summed E-state index contributed by atoms with van der Waals surface area (Å²) in [5.41, 5.74) is 1.82. The van der Waals surface area contributed by atoms with Gasteiger partial charge in [0.25, 0.3) is 0 Å². The topological polar surface area (TPSA) is 71.5 Å². The Hall–Kier alpha value is -2.89. The normalized spacial score (nSPS) is 16.5. The van der Waals surface area contributed by atoms with Crippen LogP contribution in [0.5, 0.6) is 0 Å². The Kier molecular flexibility index (Phi) is 5.28. The van der Waals surface area contributed by atoms with Crippen LogP contribution in [0.3, 0.4) is 0 Å². The molecule has 2 aromatic rings. The molecule has 6 heteroatoms. The van der Waals surface area contributed by atoms with Crippen molar-refractivity contribution in [2.24, 2.45) is 0 Å². The first-order valence-electron chi connectivity index (χ1n) is 8.29. The van der Waals surface area contributed by atoms with Gasteiger partial charge >= 0.3 is 12.0 Å². The average Bonchev–Trinajstić information content (AvgIpc) is 3.13. The smallest absolute Gasteiger partial charge is 0.323 e. The number of pyridine rings is 1. The molecule has 3 rings (SSSR count). The molecule has 0 spiro atoms. The maximum Gasteiger partial charge on any atom is 0.323 e. The van der Waals surface area contributed by atoms with Crippen molar-refractivity contribution in [2.75, 3.05) is 25.5 Å². The number of esters is 1. The third kappa shape index (κ3) is 4.35. The van der Waals surface area contributed by atoms with Crippen molar-refractivity contribution >= 4 is 17.8 Å². The Morgan fingerprint density at radius 2 is 2.00 bits per heavy atom. The van der Waals surface area contributed by atoms with Crippen molar-refractivity contribution in [3.8, 4) is 0 Å².